The molecule has 1 unspecified atom stereocenters. The first-order chi connectivity index (χ1) is 37.2. The first-order valence-electron chi connectivity index (χ1n) is 26.0. The molecule has 0 N–H and O–H groups in total. The maximum absolute atomic E-state index is 2.54. The lowest BCUT2D eigenvalue weighted by Gasteiger charge is -2.32. The highest BCUT2D eigenvalue weighted by atomic mass is 15.1. The van der Waals surface area contributed by atoms with Crippen molar-refractivity contribution in [2.45, 2.75) is 5.41 Å². The van der Waals surface area contributed by atoms with Gasteiger partial charge in [0, 0.05) is 34.1 Å². The summed E-state index contributed by atoms with van der Waals surface area (Å²) in [5, 5.41) is 7.41. The van der Waals surface area contributed by atoms with Crippen LogP contribution in [0.5, 0.6) is 0 Å². The van der Waals surface area contributed by atoms with E-state index >= 15 is 0 Å². The van der Waals surface area contributed by atoms with Gasteiger partial charge < -0.3 is 9.80 Å². The van der Waals surface area contributed by atoms with Gasteiger partial charge in [0.15, 0.2) is 0 Å². The second-order valence-electron chi connectivity index (χ2n) is 20.0. The van der Waals surface area contributed by atoms with Gasteiger partial charge in [-0.25, -0.2) is 0 Å². The molecular formula is C73H48N2. The Hall–Kier alpha value is -9.76. The fourth-order valence-electron chi connectivity index (χ4n) is 12.7. The van der Waals surface area contributed by atoms with Gasteiger partial charge in [-0.15, -0.1) is 0 Å². The second-order valence-corrected chi connectivity index (χ2v) is 20.0. The average molecular weight is 953 g/mol. The largest absolute Gasteiger partial charge is 0.310 e. The summed E-state index contributed by atoms with van der Waals surface area (Å²) in [4.78, 5) is 4.80. The molecule has 2 nitrogen and oxygen atoms in total. The molecule has 1 spiro atoms. The van der Waals surface area contributed by atoms with Gasteiger partial charge in [-0.05, 0) is 184 Å². The summed E-state index contributed by atoms with van der Waals surface area (Å²) in [5.41, 5.74) is 21.3. The van der Waals surface area contributed by atoms with Gasteiger partial charge in [-0.3, -0.25) is 0 Å². The van der Waals surface area contributed by atoms with Gasteiger partial charge >= 0.3 is 0 Å². The summed E-state index contributed by atoms with van der Waals surface area (Å²) in [5.74, 6) is 0. The van der Waals surface area contributed by atoms with Gasteiger partial charge in [0.05, 0.1) is 5.41 Å². The Morgan fingerprint density at radius 3 is 1.40 bits per heavy atom. The predicted octanol–water partition coefficient (Wildman–Crippen LogP) is 19.8. The zero-order valence-corrected chi connectivity index (χ0v) is 41.1. The molecule has 0 radical (unpaired) electrons. The van der Waals surface area contributed by atoms with Crippen LogP contribution in [0.1, 0.15) is 22.3 Å². The molecule has 0 saturated heterocycles. The summed E-state index contributed by atoms with van der Waals surface area (Å²) in [7, 11) is 0. The molecule has 2 aliphatic rings. The van der Waals surface area contributed by atoms with Crippen LogP contribution in [0.4, 0.5) is 34.1 Å². The summed E-state index contributed by atoms with van der Waals surface area (Å²) in [6, 6.07) is 108. The smallest absolute Gasteiger partial charge is 0.0731 e. The highest BCUT2D eigenvalue weighted by molar-refractivity contribution is 6.11. The monoisotopic (exact) mass is 952 g/mol. The first kappa shape index (κ1) is 42.9. The summed E-state index contributed by atoms with van der Waals surface area (Å²) in [6.45, 7) is 0. The minimum Gasteiger partial charge on any atom is -0.310 e. The van der Waals surface area contributed by atoms with E-state index in [1.807, 2.05) is 0 Å². The molecule has 0 aliphatic heterocycles. The minimum absolute atomic E-state index is 0.599. The lowest BCUT2D eigenvalue weighted by Crippen LogP contribution is -2.26. The van der Waals surface area contributed by atoms with Crippen LogP contribution in [-0.2, 0) is 5.41 Å². The van der Waals surface area contributed by atoms with Crippen molar-refractivity contribution in [2.24, 2.45) is 0 Å². The Kier molecular flexibility index (Phi) is 9.83. The van der Waals surface area contributed by atoms with Crippen LogP contribution in [0.3, 0.4) is 0 Å². The normalized spacial score (nSPS) is 13.9. The Labute approximate surface area is 437 Å². The van der Waals surface area contributed by atoms with Crippen molar-refractivity contribution in [3.8, 4) is 44.5 Å². The molecule has 2 aliphatic carbocycles. The Morgan fingerprint density at radius 1 is 0.227 bits per heavy atom. The van der Waals surface area contributed by atoms with E-state index in [1.54, 1.807) is 0 Å². The topological polar surface area (TPSA) is 6.48 Å². The molecule has 1 atom stereocenters. The summed E-state index contributed by atoms with van der Waals surface area (Å²) in [6.07, 6.45) is 0. The molecule has 2 heteroatoms. The molecular weight excluding hydrogens is 905 g/mol. The van der Waals surface area contributed by atoms with Gasteiger partial charge in [-0.1, -0.05) is 206 Å². The molecule has 13 aromatic rings. The quantitative estimate of drug-likeness (QED) is 0.150. The fourth-order valence-corrected chi connectivity index (χ4v) is 12.7. The Balaban J connectivity index is 0.959. The summed E-state index contributed by atoms with van der Waals surface area (Å²) < 4.78 is 0. The van der Waals surface area contributed by atoms with E-state index in [-0.39, 0.29) is 0 Å². The van der Waals surface area contributed by atoms with Crippen LogP contribution in [0.2, 0.25) is 0 Å². The lowest BCUT2D eigenvalue weighted by atomic mass is 9.69. The van der Waals surface area contributed by atoms with Crippen molar-refractivity contribution in [2.75, 3.05) is 9.80 Å². The summed E-state index contributed by atoms with van der Waals surface area (Å²) >= 11 is 0. The van der Waals surface area contributed by atoms with E-state index in [0.29, 0.717) is 0 Å². The molecule has 0 saturated carbocycles. The maximum Gasteiger partial charge on any atom is 0.0731 e. The van der Waals surface area contributed by atoms with Crippen LogP contribution < -0.4 is 9.80 Å². The molecule has 75 heavy (non-hydrogen) atoms. The Bertz CT molecular complexity index is 4360. The van der Waals surface area contributed by atoms with E-state index < -0.39 is 5.41 Å². The number of hydrogen-bond acceptors (Lipinski definition) is 2. The second kappa shape index (κ2) is 17.2. The van der Waals surface area contributed by atoms with Crippen LogP contribution >= 0.6 is 0 Å². The van der Waals surface area contributed by atoms with E-state index in [4.69, 9.17) is 0 Å². The molecule has 15 rings (SSSR count). The SMILES string of the molecule is c1ccc(-c2cccc(N(c3ccccc3)c3ccc4cc5c(cc4c3)C3(c4ccccc4-c4c3ccc3ccccc43)c3c-5ccc4cc(N(c5ccccc5)c5cccc(-c6ccccc6)c5)ccc34)c2)cc1. The van der Waals surface area contributed by atoms with Crippen molar-refractivity contribution in [3.05, 3.63) is 313 Å². The van der Waals surface area contributed by atoms with E-state index in [9.17, 15) is 0 Å². The van der Waals surface area contributed by atoms with Crippen LogP contribution in [-0.4, -0.2) is 0 Å². The zero-order chi connectivity index (χ0) is 49.5. The van der Waals surface area contributed by atoms with Gasteiger partial charge in [0.1, 0.15) is 0 Å². The number of nitrogens with zero attached hydrogens (tertiary/aromatic N) is 2. The maximum atomic E-state index is 2.54. The third-order valence-electron chi connectivity index (χ3n) is 15.9. The fraction of sp³-hybridized carbons (Fsp3) is 0.0137. The van der Waals surface area contributed by atoms with E-state index in [1.165, 1.54) is 99.1 Å². The van der Waals surface area contributed by atoms with Gasteiger partial charge in [0.25, 0.3) is 0 Å². The highest BCUT2D eigenvalue weighted by Gasteiger charge is 2.53. The molecule has 13 aromatic carbocycles. The van der Waals surface area contributed by atoms with Crippen molar-refractivity contribution in [1.82, 2.24) is 0 Å². The van der Waals surface area contributed by atoms with Crippen molar-refractivity contribution in [1.29, 1.82) is 0 Å². The van der Waals surface area contributed by atoms with Gasteiger partial charge in [-0.2, -0.15) is 0 Å². The predicted molar refractivity (Wildman–Crippen MR) is 315 cm³/mol. The van der Waals surface area contributed by atoms with E-state index in [0.717, 1.165) is 34.1 Å². The molecule has 0 bridgehead atoms. The molecule has 0 fully saturated rings. The molecule has 0 aromatic heterocycles. The van der Waals surface area contributed by atoms with Crippen molar-refractivity contribution >= 4 is 66.4 Å². The van der Waals surface area contributed by atoms with Crippen LogP contribution in [0.15, 0.2) is 291 Å². The van der Waals surface area contributed by atoms with Gasteiger partial charge in [0.2, 0.25) is 0 Å². The Morgan fingerprint density at radius 2 is 0.733 bits per heavy atom. The van der Waals surface area contributed by atoms with Crippen molar-refractivity contribution in [3.63, 3.8) is 0 Å². The number of hydrogen-bond donors (Lipinski definition) is 0. The number of para-hydroxylation sites is 2. The zero-order valence-electron chi connectivity index (χ0n) is 41.1. The molecule has 0 heterocycles. The third kappa shape index (κ3) is 6.73. The minimum atomic E-state index is -0.599. The number of benzene rings is 13. The van der Waals surface area contributed by atoms with Crippen molar-refractivity contribution < 1.29 is 0 Å². The highest BCUT2D eigenvalue weighted by Crippen LogP contribution is 2.65. The van der Waals surface area contributed by atoms with Crippen LogP contribution in [0.25, 0.3) is 76.8 Å². The third-order valence-corrected chi connectivity index (χ3v) is 15.9. The standard InChI is InChI=1S/C73H48N2/c1-5-19-49(20-6-1)52-24-17-30-59(43-52)74(57-26-9-3-10-27-57)61-38-35-54-47-67-65-40-36-55-45-62(75(58-28-11-4-12-29-58)60-31-18-25-53(44-60)50-21-7-2-8-22-50)39-41-64(55)72(65)73(70(67)48-56(54)46-61)68-34-16-15-33-66(68)71-63-32-14-13-23-51(63)37-42-69(71)73/h1-48H. The lowest BCUT2D eigenvalue weighted by molar-refractivity contribution is 0.803. The number of rotatable bonds is 8. The average Bonchev–Trinajstić information content (AvgIpc) is 3.98. The number of anilines is 6. The molecule has 0 amide bonds. The van der Waals surface area contributed by atoms with Crippen LogP contribution in [0, 0.1) is 0 Å². The first-order valence-corrected chi connectivity index (χ1v) is 26.0. The number of fused-ring (bicyclic) bond motifs is 15. The molecule has 350 valence electrons. The van der Waals surface area contributed by atoms with E-state index in [2.05, 4.69) is 301 Å².